The molecule has 2 N–H and O–H groups in total. The molecule has 0 bridgehead atoms. The van der Waals surface area contributed by atoms with Crippen molar-refractivity contribution in [1.29, 1.82) is 0 Å². The van der Waals surface area contributed by atoms with Crippen molar-refractivity contribution in [3.8, 4) is 11.1 Å². The quantitative estimate of drug-likeness (QED) is 0.177. The number of nitrogens with one attached hydrogen (secondary N) is 1. The average Bonchev–Trinajstić information content (AvgIpc) is 3.51. The monoisotopic (exact) mass is 682 g/mol. The van der Waals surface area contributed by atoms with Crippen molar-refractivity contribution in [3.05, 3.63) is 87.1 Å². The van der Waals surface area contributed by atoms with Crippen molar-refractivity contribution in [3.63, 3.8) is 0 Å². The van der Waals surface area contributed by atoms with Crippen LogP contribution in [0.25, 0.3) is 11.1 Å². The van der Waals surface area contributed by atoms with Gasteiger partial charge in [0.2, 0.25) is 0 Å². The Morgan fingerprint density at radius 2 is 1.86 bits per heavy atom. The minimum absolute atomic E-state index is 0.0988. The van der Waals surface area contributed by atoms with Gasteiger partial charge >= 0.3 is 5.97 Å². The van der Waals surface area contributed by atoms with Crippen LogP contribution in [0.2, 0.25) is 0 Å². The zero-order valence-corrected chi connectivity index (χ0v) is 29.2. The van der Waals surface area contributed by atoms with Crippen LogP contribution in [-0.4, -0.2) is 93.5 Å². The second-order valence-electron chi connectivity index (χ2n) is 13.0. The number of carbonyl (C=O) groups excluding carboxylic acids is 2. The highest BCUT2D eigenvalue weighted by atomic mass is 16.5. The first kappa shape index (κ1) is 34.8. The lowest BCUT2D eigenvalue weighted by Crippen LogP contribution is -2.46. The predicted molar refractivity (Wildman–Crippen MR) is 193 cm³/mol. The fourth-order valence-electron chi connectivity index (χ4n) is 7.13. The number of aryl methyl sites for hydroxylation is 2. The first-order valence-corrected chi connectivity index (χ1v) is 17.2. The summed E-state index contributed by atoms with van der Waals surface area (Å²) in [6.45, 7) is 12.4. The van der Waals surface area contributed by atoms with E-state index in [1.807, 2.05) is 19.1 Å². The number of hydrogen-bond acceptors (Lipinski definition) is 10. The summed E-state index contributed by atoms with van der Waals surface area (Å²) in [4.78, 5) is 54.4. The lowest BCUT2D eigenvalue weighted by molar-refractivity contribution is -0.142. The summed E-state index contributed by atoms with van der Waals surface area (Å²) < 4.78 is 9.15. The molecule has 5 heterocycles. The molecule has 1 saturated heterocycles. The van der Waals surface area contributed by atoms with Crippen molar-refractivity contribution < 1.29 is 19.4 Å². The highest BCUT2D eigenvalue weighted by Gasteiger charge is 2.33. The number of aliphatic hydroxyl groups is 1. The van der Waals surface area contributed by atoms with Gasteiger partial charge in [-0.2, -0.15) is 0 Å². The number of aliphatic hydroxyl groups excluding tert-OH is 1. The number of ether oxygens (including phenoxy) is 1. The number of pyridine rings is 2. The maximum atomic E-state index is 14.0. The molecule has 0 atom stereocenters. The molecule has 1 aliphatic carbocycles. The molecule has 1 amide bonds. The van der Waals surface area contributed by atoms with Gasteiger partial charge in [-0.25, -0.2) is 9.98 Å². The van der Waals surface area contributed by atoms with E-state index in [9.17, 15) is 19.5 Å². The van der Waals surface area contributed by atoms with Crippen molar-refractivity contribution >= 4 is 30.1 Å². The molecule has 0 saturated carbocycles. The van der Waals surface area contributed by atoms with Crippen LogP contribution in [-0.2, 0) is 42.6 Å². The van der Waals surface area contributed by atoms with E-state index >= 15 is 0 Å². The molecular weight excluding hydrogens is 636 g/mol. The molecule has 0 spiro atoms. The van der Waals surface area contributed by atoms with E-state index in [1.165, 1.54) is 22.7 Å². The largest absolute Gasteiger partial charge is 0.461 e. The van der Waals surface area contributed by atoms with Gasteiger partial charge in [-0.1, -0.05) is 0 Å². The molecule has 13 nitrogen and oxygen atoms in total. The zero-order valence-electron chi connectivity index (χ0n) is 29.2. The van der Waals surface area contributed by atoms with Crippen LogP contribution in [0.5, 0.6) is 0 Å². The second-order valence-corrected chi connectivity index (χ2v) is 13.0. The molecule has 264 valence electrons. The van der Waals surface area contributed by atoms with Crippen LogP contribution in [0.3, 0.4) is 0 Å². The zero-order chi connectivity index (χ0) is 35.4. The van der Waals surface area contributed by atoms with Crippen molar-refractivity contribution in [2.45, 2.75) is 52.7 Å². The maximum absolute atomic E-state index is 14.0. The van der Waals surface area contributed by atoms with Gasteiger partial charge in [-0.3, -0.25) is 24.2 Å². The lowest BCUT2D eigenvalue weighted by Gasteiger charge is -2.36. The normalized spacial score (nSPS) is 17.0. The number of aromatic nitrogens is 3. The Balaban J connectivity index is 1.30. The molecule has 2 aliphatic heterocycles. The van der Waals surface area contributed by atoms with Crippen LogP contribution in [0.4, 0.5) is 11.5 Å². The van der Waals surface area contributed by atoms with E-state index in [4.69, 9.17) is 4.74 Å². The third-order valence-corrected chi connectivity index (χ3v) is 9.83. The van der Waals surface area contributed by atoms with E-state index < -0.39 is 5.97 Å². The van der Waals surface area contributed by atoms with Crippen LogP contribution in [0.15, 0.2) is 64.0 Å². The Morgan fingerprint density at radius 3 is 2.60 bits per heavy atom. The summed E-state index contributed by atoms with van der Waals surface area (Å²) in [5.41, 5.74) is 6.15. The van der Waals surface area contributed by atoms with Gasteiger partial charge in [0.15, 0.2) is 0 Å². The number of fused-ring (bicyclic) bond motifs is 3. The molecule has 6 rings (SSSR count). The number of aliphatic imine (C=N–C) groups is 1. The van der Waals surface area contributed by atoms with Gasteiger partial charge in [-0.05, 0) is 80.8 Å². The molecule has 3 aromatic heterocycles. The smallest absolute Gasteiger partial charge is 0.302 e. The number of carbonyl (C=O) groups is 2. The molecule has 1 fully saturated rings. The Bertz CT molecular complexity index is 1900. The van der Waals surface area contributed by atoms with Gasteiger partial charge < -0.3 is 29.2 Å². The molecule has 3 aliphatic rings. The second kappa shape index (κ2) is 15.3. The minimum atomic E-state index is -0.456. The Morgan fingerprint density at radius 1 is 1.08 bits per heavy atom. The van der Waals surface area contributed by atoms with E-state index in [1.54, 1.807) is 42.6 Å². The van der Waals surface area contributed by atoms with Gasteiger partial charge in [-0.15, -0.1) is 0 Å². The molecule has 0 radical (unpaired) electrons. The van der Waals surface area contributed by atoms with Gasteiger partial charge in [0.05, 0.1) is 6.61 Å². The summed E-state index contributed by atoms with van der Waals surface area (Å²) in [6, 6.07) is 5.56. The number of hydrogen-bond donors (Lipinski definition) is 2. The lowest BCUT2D eigenvalue weighted by atomic mass is 9.98. The SMILES string of the molecule is C=N/C(=C\C=C(/C)N1CCN(CCO)CC1)Nc1cc(-c2ccnc(N3CCn4c(cc5c4CCCC5)C3=O)c2COC(C)=O)cn(C)c1=O. The van der Waals surface area contributed by atoms with Gasteiger partial charge in [0.25, 0.3) is 11.5 Å². The number of nitrogens with zero attached hydrogens (tertiary/aromatic N) is 7. The molecule has 0 aromatic carbocycles. The molecule has 3 aromatic rings. The number of β-amino-alcohol motifs (C(OH)–C–C–N with tert-alkyl or cyclic N) is 1. The summed E-state index contributed by atoms with van der Waals surface area (Å²) in [6.07, 6.45) is 11.3. The molecular formula is C37H46N8O5. The standard InChI is InChI=1S/C37H46N8O5/c1-25(43-15-13-42(14-16-43)19-20-46)9-10-34(38-3)40-31-21-28(23-41(4)36(31)48)29-11-12-39-35(30(29)24-50-26(2)47)45-18-17-44-32-8-6-5-7-27(32)22-33(44)37(45)49/h9-12,21-23,40,46H,3,5-8,13-20,24H2,1-2,4H3/b25-9+,34-10+. The minimum Gasteiger partial charge on any atom is -0.461 e. The number of amides is 1. The molecule has 13 heteroatoms. The van der Waals surface area contributed by atoms with E-state index in [2.05, 4.69) is 36.4 Å². The summed E-state index contributed by atoms with van der Waals surface area (Å²) in [5, 5.41) is 12.4. The summed E-state index contributed by atoms with van der Waals surface area (Å²) in [7, 11) is 1.67. The number of anilines is 2. The Labute approximate surface area is 292 Å². The molecule has 0 unspecified atom stereocenters. The van der Waals surface area contributed by atoms with E-state index in [0.29, 0.717) is 53.7 Å². The fraction of sp³-hybridized carbons (Fsp3) is 0.432. The van der Waals surface area contributed by atoms with Gasteiger partial charge in [0, 0.05) is 94.7 Å². The van der Waals surface area contributed by atoms with Crippen LogP contribution >= 0.6 is 0 Å². The first-order valence-electron chi connectivity index (χ1n) is 17.2. The van der Waals surface area contributed by atoms with E-state index in [-0.39, 0.29) is 30.4 Å². The maximum Gasteiger partial charge on any atom is 0.302 e. The average molecular weight is 683 g/mol. The number of esters is 1. The summed E-state index contributed by atoms with van der Waals surface area (Å²) in [5.74, 6) is 0.234. The van der Waals surface area contributed by atoms with Crippen molar-refractivity contribution in [1.82, 2.24) is 23.9 Å². The van der Waals surface area contributed by atoms with E-state index in [0.717, 1.165) is 57.6 Å². The molecule has 50 heavy (non-hydrogen) atoms. The van der Waals surface area contributed by atoms with Gasteiger partial charge in [0.1, 0.15) is 29.6 Å². The highest BCUT2D eigenvalue weighted by molar-refractivity contribution is 6.06. The third kappa shape index (κ3) is 7.29. The van der Waals surface area contributed by atoms with Crippen LogP contribution < -0.4 is 15.8 Å². The fourth-order valence-corrected chi connectivity index (χ4v) is 7.13. The predicted octanol–water partition coefficient (Wildman–Crippen LogP) is 3.32. The number of piperazine rings is 1. The Kier molecular flexibility index (Phi) is 10.6. The van der Waals surface area contributed by atoms with Crippen LogP contribution in [0.1, 0.15) is 54.0 Å². The van der Waals surface area contributed by atoms with Crippen molar-refractivity contribution in [2.75, 3.05) is 56.1 Å². The third-order valence-electron chi connectivity index (χ3n) is 9.83. The van der Waals surface area contributed by atoms with Crippen LogP contribution in [0, 0.1) is 0 Å². The topological polar surface area (TPSA) is 138 Å². The number of rotatable bonds is 11. The number of allylic oxidation sites excluding steroid dienone is 3. The first-order chi connectivity index (χ1) is 24.2. The highest BCUT2D eigenvalue weighted by Crippen LogP contribution is 2.35. The van der Waals surface area contributed by atoms with Crippen molar-refractivity contribution in [2.24, 2.45) is 12.0 Å². The Hall–Kier alpha value is -5.01. The summed E-state index contributed by atoms with van der Waals surface area (Å²) >= 11 is 0.